The van der Waals surface area contributed by atoms with E-state index in [0.29, 0.717) is 26.0 Å². The lowest BCUT2D eigenvalue weighted by atomic mass is 9.96. The van der Waals surface area contributed by atoms with Crippen LogP contribution in [-0.2, 0) is 11.2 Å². The number of carbonyl (C=O) groups is 1. The number of aliphatic hydroxyl groups excluding tert-OH is 1. The van der Waals surface area contributed by atoms with Crippen LogP contribution >= 0.6 is 0 Å². The summed E-state index contributed by atoms with van der Waals surface area (Å²) in [7, 11) is 0. The van der Waals surface area contributed by atoms with Crippen molar-refractivity contribution in [1.82, 2.24) is 5.32 Å². The second-order valence-corrected chi connectivity index (χ2v) is 5.83. The highest BCUT2D eigenvalue weighted by atomic mass is 16.5. The molecule has 1 aliphatic heterocycles. The predicted octanol–water partition coefficient (Wildman–Crippen LogP) is 2.48. The molecule has 1 heterocycles. The van der Waals surface area contributed by atoms with Gasteiger partial charge in [0.1, 0.15) is 12.4 Å². The first-order valence-electron chi connectivity index (χ1n) is 7.95. The van der Waals surface area contributed by atoms with Gasteiger partial charge in [0, 0.05) is 6.54 Å². The monoisotopic (exact) mass is 311 g/mol. The van der Waals surface area contributed by atoms with Crippen LogP contribution in [0.15, 0.2) is 54.6 Å². The SMILES string of the molecule is O=C(NCCC(O)c1ccccc1)C1COc2ccccc2C1. The fourth-order valence-electron chi connectivity index (χ4n) is 2.81. The number of amides is 1. The lowest BCUT2D eigenvalue weighted by Crippen LogP contribution is -2.38. The Bertz CT molecular complexity index is 657. The maximum atomic E-state index is 12.3. The number of fused-ring (bicyclic) bond motifs is 1. The third-order valence-corrected chi connectivity index (χ3v) is 4.15. The molecule has 2 aromatic carbocycles. The van der Waals surface area contributed by atoms with Crippen molar-refractivity contribution in [2.24, 2.45) is 5.92 Å². The Morgan fingerprint density at radius 3 is 2.74 bits per heavy atom. The van der Waals surface area contributed by atoms with Gasteiger partial charge >= 0.3 is 0 Å². The van der Waals surface area contributed by atoms with Gasteiger partial charge in [0.05, 0.1) is 12.0 Å². The quantitative estimate of drug-likeness (QED) is 0.892. The molecule has 0 saturated carbocycles. The third-order valence-electron chi connectivity index (χ3n) is 4.15. The number of ether oxygens (including phenoxy) is 1. The summed E-state index contributed by atoms with van der Waals surface area (Å²) in [6.07, 6.45) is 0.642. The number of nitrogens with one attached hydrogen (secondary N) is 1. The highest BCUT2D eigenvalue weighted by Crippen LogP contribution is 2.26. The van der Waals surface area contributed by atoms with Gasteiger partial charge < -0.3 is 15.2 Å². The zero-order chi connectivity index (χ0) is 16.1. The molecule has 2 N–H and O–H groups in total. The number of aliphatic hydroxyl groups is 1. The molecule has 0 aliphatic carbocycles. The lowest BCUT2D eigenvalue weighted by molar-refractivity contribution is -0.126. The molecule has 3 rings (SSSR count). The van der Waals surface area contributed by atoms with Crippen LogP contribution in [0.2, 0.25) is 0 Å². The summed E-state index contributed by atoms with van der Waals surface area (Å²) in [5, 5.41) is 13.0. The Hall–Kier alpha value is -2.33. The third kappa shape index (κ3) is 3.90. The van der Waals surface area contributed by atoms with Crippen LogP contribution in [0.3, 0.4) is 0 Å². The van der Waals surface area contributed by atoms with Crippen molar-refractivity contribution in [3.63, 3.8) is 0 Å². The van der Waals surface area contributed by atoms with Gasteiger partial charge in [0.15, 0.2) is 0 Å². The van der Waals surface area contributed by atoms with Crippen molar-refractivity contribution in [3.8, 4) is 5.75 Å². The highest BCUT2D eigenvalue weighted by molar-refractivity contribution is 5.79. The molecule has 2 unspecified atom stereocenters. The van der Waals surface area contributed by atoms with Gasteiger partial charge in [-0.3, -0.25) is 4.79 Å². The molecule has 2 atom stereocenters. The molecule has 4 heteroatoms. The Kier molecular flexibility index (Phi) is 4.93. The van der Waals surface area contributed by atoms with Gasteiger partial charge in [-0.2, -0.15) is 0 Å². The molecular weight excluding hydrogens is 290 g/mol. The molecule has 0 fully saturated rings. The fraction of sp³-hybridized carbons (Fsp3) is 0.316. The second-order valence-electron chi connectivity index (χ2n) is 5.83. The van der Waals surface area contributed by atoms with E-state index in [1.165, 1.54) is 0 Å². The lowest BCUT2D eigenvalue weighted by Gasteiger charge is -2.24. The molecule has 0 saturated heterocycles. The Balaban J connectivity index is 1.47. The summed E-state index contributed by atoms with van der Waals surface area (Å²) in [6, 6.07) is 17.3. The molecule has 1 aliphatic rings. The van der Waals surface area contributed by atoms with Crippen LogP contribution in [-0.4, -0.2) is 24.2 Å². The smallest absolute Gasteiger partial charge is 0.226 e. The first-order chi connectivity index (χ1) is 11.2. The van der Waals surface area contributed by atoms with Crippen molar-refractivity contribution in [2.75, 3.05) is 13.2 Å². The molecule has 2 aromatic rings. The van der Waals surface area contributed by atoms with E-state index >= 15 is 0 Å². The zero-order valence-electron chi connectivity index (χ0n) is 12.9. The van der Waals surface area contributed by atoms with E-state index in [2.05, 4.69) is 5.32 Å². The highest BCUT2D eigenvalue weighted by Gasteiger charge is 2.25. The minimum absolute atomic E-state index is 0.0141. The van der Waals surface area contributed by atoms with E-state index in [0.717, 1.165) is 16.9 Å². The molecule has 1 amide bonds. The van der Waals surface area contributed by atoms with Gasteiger partial charge in [0.25, 0.3) is 0 Å². The largest absolute Gasteiger partial charge is 0.492 e. The van der Waals surface area contributed by atoms with Crippen molar-refractivity contribution in [1.29, 1.82) is 0 Å². The first kappa shape index (κ1) is 15.6. The summed E-state index contributed by atoms with van der Waals surface area (Å²) in [5.41, 5.74) is 1.94. The van der Waals surface area contributed by atoms with Gasteiger partial charge in [-0.15, -0.1) is 0 Å². The maximum Gasteiger partial charge on any atom is 0.226 e. The Labute approximate surface area is 136 Å². The summed E-state index contributed by atoms with van der Waals surface area (Å²) >= 11 is 0. The van der Waals surface area contributed by atoms with Gasteiger partial charge in [-0.25, -0.2) is 0 Å². The molecule has 0 bridgehead atoms. The molecule has 0 radical (unpaired) electrons. The van der Waals surface area contributed by atoms with Crippen LogP contribution in [0.4, 0.5) is 0 Å². The van der Waals surface area contributed by atoms with Crippen molar-refractivity contribution >= 4 is 5.91 Å². The van der Waals surface area contributed by atoms with Crippen molar-refractivity contribution < 1.29 is 14.6 Å². The molecule has 0 aromatic heterocycles. The zero-order valence-corrected chi connectivity index (χ0v) is 12.9. The number of rotatable bonds is 5. The molecule has 4 nitrogen and oxygen atoms in total. The number of hydrogen-bond donors (Lipinski definition) is 2. The molecule has 0 spiro atoms. The van der Waals surface area contributed by atoms with E-state index in [9.17, 15) is 9.90 Å². The van der Waals surface area contributed by atoms with Crippen LogP contribution in [0.5, 0.6) is 5.75 Å². The number of para-hydroxylation sites is 1. The Morgan fingerprint density at radius 1 is 1.17 bits per heavy atom. The minimum atomic E-state index is -0.556. The van der Waals surface area contributed by atoms with E-state index in [-0.39, 0.29) is 11.8 Å². The van der Waals surface area contributed by atoms with Crippen molar-refractivity contribution in [3.05, 3.63) is 65.7 Å². The Morgan fingerprint density at radius 2 is 1.91 bits per heavy atom. The van der Waals surface area contributed by atoms with Gasteiger partial charge in [-0.1, -0.05) is 48.5 Å². The molecule has 120 valence electrons. The predicted molar refractivity (Wildman–Crippen MR) is 88.2 cm³/mol. The topological polar surface area (TPSA) is 58.6 Å². The molecule has 23 heavy (non-hydrogen) atoms. The molecular formula is C19H21NO3. The minimum Gasteiger partial charge on any atom is -0.492 e. The summed E-state index contributed by atoms with van der Waals surface area (Å²) in [5.74, 6) is 0.689. The number of carbonyl (C=O) groups excluding carboxylic acids is 1. The van der Waals surface area contributed by atoms with Gasteiger partial charge in [0.2, 0.25) is 5.91 Å². The summed E-state index contributed by atoms with van der Waals surface area (Å²) in [6.45, 7) is 0.858. The summed E-state index contributed by atoms with van der Waals surface area (Å²) in [4.78, 5) is 12.3. The average molecular weight is 311 g/mol. The fourth-order valence-corrected chi connectivity index (χ4v) is 2.81. The van der Waals surface area contributed by atoms with E-state index in [4.69, 9.17) is 4.74 Å². The van der Waals surface area contributed by atoms with E-state index in [1.54, 1.807) is 0 Å². The average Bonchev–Trinajstić information content (AvgIpc) is 2.61. The second kappa shape index (κ2) is 7.29. The number of hydrogen-bond acceptors (Lipinski definition) is 3. The van der Waals surface area contributed by atoms with E-state index in [1.807, 2.05) is 54.6 Å². The maximum absolute atomic E-state index is 12.3. The van der Waals surface area contributed by atoms with Crippen LogP contribution < -0.4 is 10.1 Å². The van der Waals surface area contributed by atoms with Gasteiger partial charge in [-0.05, 0) is 30.0 Å². The normalized spacial score (nSPS) is 17.7. The van der Waals surface area contributed by atoms with Crippen LogP contribution in [0, 0.1) is 5.92 Å². The van der Waals surface area contributed by atoms with Crippen LogP contribution in [0.25, 0.3) is 0 Å². The number of benzene rings is 2. The van der Waals surface area contributed by atoms with Crippen molar-refractivity contribution in [2.45, 2.75) is 18.9 Å². The van der Waals surface area contributed by atoms with E-state index < -0.39 is 6.10 Å². The van der Waals surface area contributed by atoms with Crippen LogP contribution in [0.1, 0.15) is 23.7 Å². The standard InChI is InChI=1S/C19H21NO3/c21-17(14-6-2-1-3-7-14)10-11-20-19(22)16-12-15-8-4-5-9-18(15)23-13-16/h1-9,16-17,21H,10-13H2,(H,20,22). The first-order valence-corrected chi connectivity index (χ1v) is 7.95. The summed E-state index contributed by atoms with van der Waals surface area (Å²) < 4.78 is 5.64.